The molecule has 49 heavy (non-hydrogen) atoms. The second kappa shape index (κ2) is 22.1. The Morgan fingerprint density at radius 1 is 0.469 bits per heavy atom. The van der Waals surface area contributed by atoms with Crippen LogP contribution in [0.4, 0.5) is 17.6 Å². The van der Waals surface area contributed by atoms with Gasteiger partial charge in [0.2, 0.25) is 0 Å². The number of halogens is 4. The highest BCUT2D eigenvalue weighted by Gasteiger charge is 2.36. The van der Waals surface area contributed by atoms with Crippen LogP contribution in [0.25, 0.3) is 0 Å². The van der Waals surface area contributed by atoms with Crippen LogP contribution in [0.5, 0.6) is 0 Å². The second-order valence-corrected chi connectivity index (χ2v) is 15.7. The molecule has 2 fully saturated rings. The number of benzene rings is 2. The topological polar surface area (TPSA) is 9.23 Å². The van der Waals surface area contributed by atoms with Crippen LogP contribution in [0.1, 0.15) is 191 Å². The average molecular weight is 687 g/mol. The number of unbranched alkanes of at least 4 members (excludes halogenated alkanes) is 12. The van der Waals surface area contributed by atoms with Gasteiger partial charge in [0.05, 0.1) is 12.2 Å². The van der Waals surface area contributed by atoms with Gasteiger partial charge in [-0.1, -0.05) is 154 Å². The first-order valence-corrected chi connectivity index (χ1v) is 20.4. The van der Waals surface area contributed by atoms with E-state index in [4.69, 9.17) is 4.74 Å². The highest BCUT2D eigenvalue weighted by molar-refractivity contribution is 5.24. The zero-order valence-corrected chi connectivity index (χ0v) is 30.8. The van der Waals surface area contributed by atoms with Crippen molar-refractivity contribution in [2.24, 2.45) is 23.7 Å². The minimum atomic E-state index is -0.867. The summed E-state index contributed by atoms with van der Waals surface area (Å²) in [6.07, 6.45) is 28.4. The van der Waals surface area contributed by atoms with Crippen molar-refractivity contribution in [1.82, 2.24) is 0 Å². The molecule has 0 spiro atoms. The molecule has 0 heterocycles. The van der Waals surface area contributed by atoms with Crippen molar-refractivity contribution in [2.75, 3.05) is 0 Å². The Kier molecular flexibility index (Phi) is 18.0. The molecular weight excluding hydrogens is 620 g/mol. The molecule has 0 bridgehead atoms. The van der Waals surface area contributed by atoms with Crippen molar-refractivity contribution in [1.29, 1.82) is 0 Å². The fourth-order valence-corrected chi connectivity index (χ4v) is 8.80. The molecule has 0 saturated heterocycles. The predicted octanol–water partition coefficient (Wildman–Crippen LogP) is 14.9. The second-order valence-electron chi connectivity index (χ2n) is 15.7. The Labute approximate surface area is 296 Å². The average Bonchev–Trinajstić information content (AvgIpc) is 3.11. The summed E-state index contributed by atoms with van der Waals surface area (Å²) in [6, 6.07) is 8.33. The fraction of sp³-hybridized carbons (Fsp3) is 0.727. The molecule has 5 heteroatoms. The molecule has 2 unspecified atom stereocenters. The highest BCUT2D eigenvalue weighted by atomic mass is 19.2. The van der Waals surface area contributed by atoms with Gasteiger partial charge in [0.1, 0.15) is 0 Å². The Hall–Kier alpha value is -1.88. The Bertz CT molecular complexity index is 1090. The van der Waals surface area contributed by atoms with Gasteiger partial charge in [-0.25, -0.2) is 17.6 Å². The highest BCUT2D eigenvalue weighted by Crippen LogP contribution is 2.47. The van der Waals surface area contributed by atoms with E-state index in [-0.39, 0.29) is 11.8 Å². The van der Waals surface area contributed by atoms with Crippen LogP contribution in [-0.2, 0) is 4.74 Å². The SMILES string of the molecule is CCCCCCCCC[C@H]1CC[C@H](C(OC(c2ccc(F)c(F)c2)[C@H]2CC[C@H](CCCCCCCCC)CC2)c2ccc(F)c(F)c2)CC1. The molecule has 2 aromatic rings. The number of rotatable bonds is 22. The van der Waals surface area contributed by atoms with Gasteiger partial charge < -0.3 is 4.74 Å². The molecule has 0 amide bonds. The lowest BCUT2D eigenvalue weighted by molar-refractivity contribution is -0.0910. The van der Waals surface area contributed by atoms with E-state index in [9.17, 15) is 17.6 Å². The summed E-state index contributed by atoms with van der Waals surface area (Å²) in [5.74, 6) is -1.73. The van der Waals surface area contributed by atoms with Crippen LogP contribution in [0, 0.1) is 46.9 Å². The Morgan fingerprint density at radius 3 is 1.16 bits per heavy atom. The van der Waals surface area contributed by atoms with Gasteiger partial charge in [0.25, 0.3) is 0 Å². The van der Waals surface area contributed by atoms with Crippen LogP contribution in [-0.4, -0.2) is 0 Å². The van der Waals surface area contributed by atoms with Gasteiger partial charge in [-0.15, -0.1) is 0 Å². The van der Waals surface area contributed by atoms with Crippen molar-refractivity contribution in [3.63, 3.8) is 0 Å². The standard InChI is InChI=1S/C44H66F4O/c1-3-5-7-9-11-13-15-17-33-19-23-35(24-20-33)43(37-27-29-39(45)41(47)31-37)49-44(38-28-30-40(46)42(48)32-38)36-25-21-34(22-26-36)18-16-14-12-10-8-6-4-2/h27-36,43-44H,3-26H2,1-2H3/t33-,34-,35-,36-,43?,44?. The molecule has 4 rings (SSSR count). The molecular formula is C44H66F4O. The molecule has 2 aromatic carbocycles. The number of hydrogen-bond donors (Lipinski definition) is 0. The molecule has 1 nitrogen and oxygen atoms in total. The predicted molar refractivity (Wildman–Crippen MR) is 195 cm³/mol. The summed E-state index contributed by atoms with van der Waals surface area (Å²) >= 11 is 0. The van der Waals surface area contributed by atoms with Crippen molar-refractivity contribution >= 4 is 0 Å². The first-order chi connectivity index (χ1) is 23.9. The molecule has 0 aromatic heterocycles. The molecule has 2 aliphatic carbocycles. The first-order valence-electron chi connectivity index (χ1n) is 20.4. The molecule has 0 aliphatic heterocycles. The quantitative estimate of drug-likeness (QED) is 0.0885. The van der Waals surface area contributed by atoms with Crippen LogP contribution in [0.3, 0.4) is 0 Å². The lowest BCUT2D eigenvalue weighted by atomic mass is 9.74. The minimum absolute atomic E-state index is 0.164. The largest absolute Gasteiger partial charge is 0.365 e. The van der Waals surface area contributed by atoms with Gasteiger partial charge in [-0.3, -0.25) is 0 Å². The fourth-order valence-electron chi connectivity index (χ4n) is 8.80. The molecule has 2 aliphatic rings. The maximum Gasteiger partial charge on any atom is 0.159 e. The smallest absolute Gasteiger partial charge is 0.159 e. The summed E-state index contributed by atoms with van der Waals surface area (Å²) in [7, 11) is 0. The Balaban J connectivity index is 1.41. The molecule has 0 N–H and O–H groups in total. The van der Waals surface area contributed by atoms with Gasteiger partial charge in [-0.05, 0) is 84.7 Å². The zero-order valence-electron chi connectivity index (χ0n) is 30.8. The van der Waals surface area contributed by atoms with E-state index < -0.39 is 35.5 Å². The number of ether oxygens (including phenoxy) is 1. The van der Waals surface area contributed by atoms with Crippen molar-refractivity contribution < 1.29 is 22.3 Å². The molecule has 2 atom stereocenters. The van der Waals surface area contributed by atoms with E-state index >= 15 is 0 Å². The van der Waals surface area contributed by atoms with Gasteiger partial charge in [-0.2, -0.15) is 0 Å². The van der Waals surface area contributed by atoms with Crippen LogP contribution in [0.15, 0.2) is 36.4 Å². The van der Waals surface area contributed by atoms with Crippen LogP contribution < -0.4 is 0 Å². The van der Waals surface area contributed by atoms with Crippen LogP contribution >= 0.6 is 0 Å². The van der Waals surface area contributed by atoms with E-state index in [1.54, 1.807) is 12.1 Å². The maximum absolute atomic E-state index is 14.7. The first kappa shape index (κ1) is 39.9. The van der Waals surface area contributed by atoms with Crippen molar-refractivity contribution in [3.05, 3.63) is 70.8 Å². The van der Waals surface area contributed by atoms with Gasteiger partial charge >= 0.3 is 0 Å². The summed E-state index contributed by atoms with van der Waals surface area (Å²) in [4.78, 5) is 0. The lowest BCUT2D eigenvalue weighted by Crippen LogP contribution is -2.28. The molecule has 0 radical (unpaired) electrons. The minimum Gasteiger partial charge on any atom is -0.365 e. The van der Waals surface area contributed by atoms with E-state index in [0.717, 1.165) is 51.4 Å². The van der Waals surface area contributed by atoms with Crippen LogP contribution in [0.2, 0.25) is 0 Å². The summed E-state index contributed by atoms with van der Waals surface area (Å²) in [6.45, 7) is 4.51. The van der Waals surface area contributed by atoms with E-state index in [2.05, 4.69) is 13.8 Å². The summed E-state index contributed by atoms with van der Waals surface area (Å²) < 4.78 is 64.7. The maximum atomic E-state index is 14.7. The zero-order chi connectivity index (χ0) is 34.8. The molecule has 2 saturated carbocycles. The van der Waals surface area contributed by atoms with Gasteiger partial charge in [0, 0.05) is 0 Å². The third-order valence-electron chi connectivity index (χ3n) is 11.9. The monoisotopic (exact) mass is 687 g/mol. The van der Waals surface area contributed by atoms with E-state index in [1.165, 1.54) is 127 Å². The lowest BCUT2D eigenvalue weighted by Gasteiger charge is -2.40. The summed E-state index contributed by atoms with van der Waals surface area (Å²) in [5, 5.41) is 0. The van der Waals surface area contributed by atoms with E-state index in [1.807, 2.05) is 0 Å². The van der Waals surface area contributed by atoms with Crippen molar-refractivity contribution in [3.8, 4) is 0 Å². The Morgan fingerprint density at radius 2 is 0.816 bits per heavy atom. The van der Waals surface area contributed by atoms with E-state index in [0.29, 0.717) is 23.0 Å². The third-order valence-corrected chi connectivity index (χ3v) is 11.9. The van der Waals surface area contributed by atoms with Crippen molar-refractivity contribution in [2.45, 2.75) is 180 Å². The summed E-state index contributed by atoms with van der Waals surface area (Å²) in [5.41, 5.74) is 1.30. The number of hydrogen-bond acceptors (Lipinski definition) is 1. The normalized spacial score (nSPS) is 22.7. The third kappa shape index (κ3) is 13.3. The molecule has 276 valence electrons. The van der Waals surface area contributed by atoms with Gasteiger partial charge in [0.15, 0.2) is 23.3 Å².